The lowest BCUT2D eigenvalue weighted by Gasteiger charge is -2.22. The Labute approximate surface area is 123 Å². The second-order valence-corrected chi connectivity index (χ2v) is 6.62. The molecule has 0 aromatic heterocycles. The summed E-state index contributed by atoms with van der Waals surface area (Å²) in [6.45, 7) is 0. The van der Waals surface area contributed by atoms with Gasteiger partial charge >= 0.3 is 0 Å². The fourth-order valence-corrected chi connectivity index (χ4v) is 3.56. The lowest BCUT2D eigenvalue weighted by atomic mass is 10.1. The van der Waals surface area contributed by atoms with Gasteiger partial charge in [0.25, 0.3) is 11.6 Å². The fraction of sp³-hybridized carbons (Fsp3) is 0.417. The van der Waals surface area contributed by atoms with Gasteiger partial charge < -0.3 is 5.32 Å². The van der Waals surface area contributed by atoms with Crippen LogP contribution in [-0.4, -0.2) is 32.6 Å². The topological polar surface area (TPSA) is 89.3 Å². The number of nitro groups is 1. The van der Waals surface area contributed by atoms with E-state index < -0.39 is 15.7 Å². The van der Waals surface area contributed by atoms with Crippen molar-refractivity contribution >= 4 is 34.0 Å². The van der Waals surface area contributed by atoms with Crippen molar-refractivity contribution in [1.29, 1.82) is 0 Å². The van der Waals surface area contributed by atoms with Gasteiger partial charge in [-0.2, -0.15) is 0 Å². The molecule has 108 valence electrons. The fourth-order valence-electron chi connectivity index (χ4n) is 2.00. The Morgan fingerprint density at radius 1 is 1.40 bits per heavy atom. The number of hydrogen-bond donors (Lipinski definition) is 1. The van der Waals surface area contributed by atoms with Crippen molar-refractivity contribution in [2.24, 2.45) is 0 Å². The van der Waals surface area contributed by atoms with Crippen LogP contribution in [0.3, 0.4) is 0 Å². The number of rotatable bonds is 3. The van der Waals surface area contributed by atoms with Gasteiger partial charge in [0.1, 0.15) is 0 Å². The molecule has 0 bridgehead atoms. The predicted octanol–water partition coefficient (Wildman–Crippen LogP) is 1.89. The highest BCUT2D eigenvalue weighted by Crippen LogP contribution is 2.22. The van der Waals surface area contributed by atoms with Crippen LogP contribution in [0, 0.1) is 10.1 Å². The molecule has 1 aromatic rings. The molecule has 0 atom stereocenters. The van der Waals surface area contributed by atoms with Crippen molar-refractivity contribution in [2.45, 2.75) is 18.9 Å². The standard InChI is InChI=1S/C12H13ClN2O4S/c13-11-7-9(15(17)18)1-2-10(11)12(16)14-8-3-5-20(19)6-4-8/h1-2,7-8H,3-6H2,(H,14,16). The molecule has 1 aliphatic heterocycles. The van der Waals surface area contributed by atoms with E-state index in [0.717, 1.165) is 6.07 Å². The number of benzene rings is 1. The minimum absolute atomic E-state index is 0.0218. The Hall–Kier alpha value is -1.47. The van der Waals surface area contributed by atoms with Gasteiger partial charge in [0.2, 0.25) is 0 Å². The molecule has 20 heavy (non-hydrogen) atoms. The first kappa shape index (κ1) is 14.9. The minimum atomic E-state index is -0.785. The van der Waals surface area contributed by atoms with Crippen molar-refractivity contribution in [3.8, 4) is 0 Å². The predicted molar refractivity (Wildman–Crippen MR) is 76.5 cm³/mol. The molecule has 0 unspecified atom stereocenters. The Kier molecular flexibility index (Phi) is 4.72. The molecule has 1 aromatic carbocycles. The summed E-state index contributed by atoms with van der Waals surface area (Å²) in [7, 11) is -0.785. The molecule has 1 fully saturated rings. The van der Waals surface area contributed by atoms with Crippen LogP contribution in [0.2, 0.25) is 5.02 Å². The van der Waals surface area contributed by atoms with E-state index in [1.54, 1.807) is 0 Å². The summed E-state index contributed by atoms with van der Waals surface area (Å²) in [6, 6.07) is 3.73. The maximum atomic E-state index is 12.1. The highest BCUT2D eigenvalue weighted by Gasteiger charge is 2.21. The summed E-state index contributed by atoms with van der Waals surface area (Å²) in [5.41, 5.74) is 0.0589. The lowest BCUT2D eigenvalue weighted by Crippen LogP contribution is -2.39. The lowest BCUT2D eigenvalue weighted by molar-refractivity contribution is -0.384. The van der Waals surface area contributed by atoms with Crippen LogP contribution in [0.1, 0.15) is 23.2 Å². The molecular weight excluding hydrogens is 304 g/mol. The molecule has 0 saturated carbocycles. The third kappa shape index (κ3) is 3.55. The molecule has 0 aliphatic carbocycles. The van der Waals surface area contributed by atoms with Crippen molar-refractivity contribution in [3.63, 3.8) is 0 Å². The van der Waals surface area contributed by atoms with Gasteiger partial charge in [-0.25, -0.2) is 0 Å². The maximum absolute atomic E-state index is 12.1. The first-order valence-electron chi connectivity index (χ1n) is 6.07. The van der Waals surface area contributed by atoms with Crippen LogP contribution >= 0.6 is 11.6 Å². The van der Waals surface area contributed by atoms with E-state index in [1.807, 2.05) is 0 Å². The zero-order valence-corrected chi connectivity index (χ0v) is 12.1. The Morgan fingerprint density at radius 2 is 2.05 bits per heavy atom. The summed E-state index contributed by atoms with van der Waals surface area (Å²) >= 11 is 5.90. The third-order valence-electron chi connectivity index (χ3n) is 3.13. The summed E-state index contributed by atoms with van der Waals surface area (Å²) in [5, 5.41) is 13.5. The summed E-state index contributed by atoms with van der Waals surface area (Å²) in [4.78, 5) is 22.1. The van der Waals surface area contributed by atoms with Crippen molar-refractivity contribution < 1.29 is 13.9 Å². The van der Waals surface area contributed by atoms with Gasteiger partial charge in [-0.05, 0) is 18.9 Å². The van der Waals surface area contributed by atoms with Gasteiger partial charge in [-0.15, -0.1) is 0 Å². The molecule has 2 rings (SSSR count). The summed E-state index contributed by atoms with van der Waals surface area (Å²) in [6.07, 6.45) is 1.34. The van der Waals surface area contributed by atoms with E-state index >= 15 is 0 Å². The van der Waals surface area contributed by atoms with E-state index in [-0.39, 0.29) is 28.2 Å². The molecule has 1 amide bonds. The number of nitro benzene ring substituents is 1. The largest absolute Gasteiger partial charge is 0.349 e. The first-order valence-corrected chi connectivity index (χ1v) is 7.94. The van der Waals surface area contributed by atoms with Gasteiger partial charge in [-0.1, -0.05) is 11.6 Å². The quantitative estimate of drug-likeness (QED) is 0.681. The average molecular weight is 317 g/mol. The average Bonchev–Trinajstić information content (AvgIpc) is 2.41. The zero-order chi connectivity index (χ0) is 14.7. The zero-order valence-electron chi connectivity index (χ0n) is 10.5. The van der Waals surface area contributed by atoms with Gasteiger partial charge in [0.15, 0.2) is 0 Å². The smallest absolute Gasteiger partial charge is 0.270 e. The number of carbonyl (C=O) groups excluding carboxylic acids is 1. The van der Waals surface area contributed by atoms with E-state index in [4.69, 9.17) is 11.6 Å². The molecule has 1 heterocycles. The number of nitrogens with zero attached hydrogens (tertiary/aromatic N) is 1. The van der Waals surface area contributed by atoms with E-state index in [2.05, 4.69) is 5.32 Å². The highest BCUT2D eigenvalue weighted by molar-refractivity contribution is 7.85. The van der Waals surface area contributed by atoms with Crippen LogP contribution in [0.25, 0.3) is 0 Å². The van der Waals surface area contributed by atoms with Crippen LogP contribution in [0.5, 0.6) is 0 Å². The van der Waals surface area contributed by atoms with E-state index in [0.29, 0.717) is 24.3 Å². The van der Waals surface area contributed by atoms with Crippen LogP contribution in [-0.2, 0) is 10.8 Å². The molecule has 1 aliphatic rings. The Morgan fingerprint density at radius 3 is 2.60 bits per heavy atom. The molecular formula is C12H13ClN2O4S. The van der Waals surface area contributed by atoms with Crippen LogP contribution in [0.4, 0.5) is 5.69 Å². The molecule has 1 saturated heterocycles. The van der Waals surface area contributed by atoms with Gasteiger partial charge in [-0.3, -0.25) is 19.1 Å². The number of non-ortho nitro benzene ring substituents is 1. The molecule has 8 heteroatoms. The van der Waals surface area contributed by atoms with Crippen molar-refractivity contribution in [2.75, 3.05) is 11.5 Å². The Bertz CT molecular complexity index is 569. The Balaban J connectivity index is 2.06. The van der Waals surface area contributed by atoms with Gasteiger partial charge in [0, 0.05) is 40.5 Å². The van der Waals surface area contributed by atoms with Gasteiger partial charge in [0.05, 0.1) is 15.5 Å². The second-order valence-electron chi connectivity index (χ2n) is 4.52. The van der Waals surface area contributed by atoms with Crippen molar-refractivity contribution in [1.82, 2.24) is 5.32 Å². The number of hydrogen-bond acceptors (Lipinski definition) is 4. The number of nitrogens with one attached hydrogen (secondary N) is 1. The summed E-state index contributed by atoms with van der Waals surface area (Å²) in [5.74, 6) is 0.806. The molecule has 1 N–H and O–H groups in total. The highest BCUT2D eigenvalue weighted by atomic mass is 35.5. The third-order valence-corrected chi connectivity index (χ3v) is 4.83. The van der Waals surface area contributed by atoms with E-state index in [9.17, 15) is 19.1 Å². The molecule has 0 radical (unpaired) electrons. The maximum Gasteiger partial charge on any atom is 0.270 e. The van der Waals surface area contributed by atoms with E-state index in [1.165, 1.54) is 12.1 Å². The monoisotopic (exact) mass is 316 g/mol. The molecule has 6 nitrogen and oxygen atoms in total. The molecule has 0 spiro atoms. The second kappa shape index (κ2) is 6.32. The normalized spacial score (nSPS) is 22.2. The number of amides is 1. The minimum Gasteiger partial charge on any atom is -0.349 e. The van der Waals surface area contributed by atoms with Crippen LogP contribution < -0.4 is 5.32 Å². The SMILES string of the molecule is O=C(NC1CCS(=O)CC1)c1ccc([N+](=O)[O-])cc1Cl. The van der Waals surface area contributed by atoms with Crippen LogP contribution in [0.15, 0.2) is 18.2 Å². The van der Waals surface area contributed by atoms with Crippen molar-refractivity contribution in [3.05, 3.63) is 38.9 Å². The number of halogens is 1. The summed E-state index contributed by atoms with van der Waals surface area (Å²) < 4.78 is 11.2. The number of carbonyl (C=O) groups is 1. The first-order chi connectivity index (χ1) is 9.47.